The van der Waals surface area contributed by atoms with Gasteiger partial charge in [0.1, 0.15) is 17.5 Å². The number of hydrogen-bond donors (Lipinski definition) is 1. The number of fused-ring (bicyclic) bond motifs is 1. The minimum atomic E-state index is -0.602. The lowest BCUT2D eigenvalue weighted by Gasteiger charge is -2.33. The van der Waals surface area contributed by atoms with E-state index in [1.54, 1.807) is 6.07 Å². The minimum absolute atomic E-state index is 0.0414. The van der Waals surface area contributed by atoms with Crippen LogP contribution < -0.4 is 19.9 Å². The lowest BCUT2D eigenvalue weighted by molar-refractivity contribution is -0.133. The highest BCUT2D eigenvalue weighted by Crippen LogP contribution is 2.32. The van der Waals surface area contributed by atoms with E-state index in [0.29, 0.717) is 36.8 Å². The maximum absolute atomic E-state index is 12.7. The van der Waals surface area contributed by atoms with Crippen LogP contribution in [0.5, 0.6) is 17.2 Å². The summed E-state index contributed by atoms with van der Waals surface area (Å²) in [6, 6.07) is 8.76. The van der Waals surface area contributed by atoms with Crippen LogP contribution in [0.25, 0.3) is 0 Å². The Bertz CT molecular complexity index is 901. The highest BCUT2D eigenvalue weighted by atomic mass is 16.7. The van der Waals surface area contributed by atoms with Gasteiger partial charge in [0.05, 0.1) is 13.0 Å². The summed E-state index contributed by atoms with van der Waals surface area (Å²) in [5.74, 6) is 1.34. The Kier molecular flexibility index (Phi) is 5.01. The van der Waals surface area contributed by atoms with Crippen molar-refractivity contribution in [3.8, 4) is 17.2 Å². The second kappa shape index (κ2) is 7.75. The van der Waals surface area contributed by atoms with Crippen molar-refractivity contribution >= 4 is 11.8 Å². The zero-order chi connectivity index (χ0) is 19.5. The molecule has 2 aliphatic heterocycles. The standard InChI is InChI=1S/C20H21N3O5/c21-20(25)16-10-14(5-6-22-16)28-15-2-1-7-23(11-15)19(24)9-13-3-4-17-18(8-13)27-12-26-17/h3-6,8,10,15H,1-2,7,9,11-12H2,(H2,21,25). The fraction of sp³-hybridized carbons (Fsp3) is 0.350. The topological polar surface area (TPSA) is 104 Å². The van der Waals surface area contributed by atoms with Crippen LogP contribution in [-0.2, 0) is 11.2 Å². The van der Waals surface area contributed by atoms with E-state index in [9.17, 15) is 9.59 Å². The van der Waals surface area contributed by atoms with Crippen molar-refractivity contribution in [2.75, 3.05) is 19.9 Å². The predicted octanol–water partition coefficient (Wildman–Crippen LogP) is 1.52. The number of rotatable bonds is 5. The monoisotopic (exact) mass is 383 g/mol. The average Bonchev–Trinajstić information content (AvgIpc) is 3.16. The predicted molar refractivity (Wildman–Crippen MR) is 99.3 cm³/mol. The molecule has 2 aromatic rings. The van der Waals surface area contributed by atoms with Crippen LogP contribution in [0.2, 0.25) is 0 Å². The van der Waals surface area contributed by atoms with Crippen LogP contribution in [0.15, 0.2) is 36.5 Å². The highest BCUT2D eigenvalue weighted by molar-refractivity contribution is 5.91. The van der Waals surface area contributed by atoms with Crippen LogP contribution >= 0.6 is 0 Å². The molecule has 1 fully saturated rings. The summed E-state index contributed by atoms with van der Waals surface area (Å²) < 4.78 is 16.6. The number of nitrogens with zero attached hydrogens (tertiary/aromatic N) is 2. The Morgan fingerprint density at radius 2 is 2.07 bits per heavy atom. The fourth-order valence-corrected chi connectivity index (χ4v) is 3.41. The number of amides is 2. The third-order valence-corrected chi connectivity index (χ3v) is 4.81. The van der Waals surface area contributed by atoms with Crippen molar-refractivity contribution < 1.29 is 23.8 Å². The van der Waals surface area contributed by atoms with Crippen LogP contribution in [0.1, 0.15) is 28.9 Å². The molecule has 2 amide bonds. The molecule has 2 aliphatic rings. The fourth-order valence-electron chi connectivity index (χ4n) is 3.41. The maximum atomic E-state index is 12.7. The van der Waals surface area contributed by atoms with E-state index in [0.717, 1.165) is 18.4 Å². The van der Waals surface area contributed by atoms with Crippen LogP contribution in [0, 0.1) is 0 Å². The van der Waals surface area contributed by atoms with Gasteiger partial charge in [0.15, 0.2) is 11.5 Å². The molecule has 1 aromatic heterocycles. The molecule has 8 nitrogen and oxygen atoms in total. The first kappa shape index (κ1) is 18.1. The molecule has 28 heavy (non-hydrogen) atoms. The molecule has 1 atom stereocenters. The third kappa shape index (κ3) is 4.00. The first-order valence-electron chi connectivity index (χ1n) is 9.17. The quantitative estimate of drug-likeness (QED) is 0.840. The number of hydrogen-bond acceptors (Lipinski definition) is 6. The number of nitrogens with two attached hydrogens (primary N) is 1. The molecule has 8 heteroatoms. The molecule has 0 saturated carbocycles. The van der Waals surface area contributed by atoms with Gasteiger partial charge in [0.25, 0.3) is 5.91 Å². The van der Waals surface area contributed by atoms with Gasteiger partial charge in [-0.2, -0.15) is 0 Å². The van der Waals surface area contributed by atoms with Crippen LogP contribution in [0.3, 0.4) is 0 Å². The van der Waals surface area contributed by atoms with Crippen molar-refractivity contribution in [1.29, 1.82) is 0 Å². The summed E-state index contributed by atoms with van der Waals surface area (Å²) >= 11 is 0. The van der Waals surface area contributed by atoms with E-state index in [1.807, 2.05) is 23.1 Å². The van der Waals surface area contributed by atoms with Gasteiger partial charge >= 0.3 is 0 Å². The SMILES string of the molecule is NC(=O)c1cc(OC2CCCN(C(=O)Cc3ccc4c(c3)OCO4)C2)ccn1. The molecule has 0 aliphatic carbocycles. The maximum Gasteiger partial charge on any atom is 0.267 e. The van der Waals surface area contributed by atoms with Crippen molar-refractivity contribution in [1.82, 2.24) is 9.88 Å². The summed E-state index contributed by atoms with van der Waals surface area (Å²) in [5.41, 5.74) is 6.30. The number of piperidine rings is 1. The molecule has 2 N–H and O–H groups in total. The molecule has 1 aromatic carbocycles. The second-order valence-electron chi connectivity index (χ2n) is 6.83. The molecular weight excluding hydrogens is 362 g/mol. The van der Waals surface area contributed by atoms with Crippen molar-refractivity contribution in [3.05, 3.63) is 47.8 Å². The summed E-state index contributed by atoms with van der Waals surface area (Å²) in [7, 11) is 0. The molecule has 4 rings (SSSR count). The van der Waals surface area contributed by atoms with Crippen LogP contribution in [-0.4, -0.2) is 47.7 Å². The third-order valence-electron chi connectivity index (χ3n) is 4.81. The molecule has 1 saturated heterocycles. The van der Waals surface area contributed by atoms with E-state index in [1.165, 1.54) is 12.3 Å². The van der Waals surface area contributed by atoms with Gasteiger partial charge in [-0.25, -0.2) is 0 Å². The van der Waals surface area contributed by atoms with Crippen LogP contribution in [0.4, 0.5) is 0 Å². The van der Waals surface area contributed by atoms with E-state index in [2.05, 4.69) is 4.98 Å². The lowest BCUT2D eigenvalue weighted by Crippen LogP contribution is -2.45. The number of benzene rings is 1. The Labute approximate surface area is 162 Å². The molecule has 1 unspecified atom stereocenters. The molecular formula is C20H21N3O5. The largest absolute Gasteiger partial charge is 0.488 e. The van der Waals surface area contributed by atoms with E-state index < -0.39 is 5.91 Å². The summed E-state index contributed by atoms with van der Waals surface area (Å²) in [6.07, 6.45) is 3.33. The number of carbonyl (C=O) groups excluding carboxylic acids is 2. The van der Waals surface area contributed by atoms with E-state index in [-0.39, 0.29) is 24.5 Å². The Morgan fingerprint density at radius 3 is 2.93 bits per heavy atom. The number of carbonyl (C=O) groups is 2. The minimum Gasteiger partial charge on any atom is -0.488 e. The first-order valence-corrected chi connectivity index (χ1v) is 9.17. The van der Waals surface area contributed by atoms with Crippen molar-refractivity contribution in [2.24, 2.45) is 5.73 Å². The molecule has 0 spiro atoms. The Hall–Kier alpha value is -3.29. The van der Waals surface area contributed by atoms with Crippen molar-refractivity contribution in [2.45, 2.75) is 25.4 Å². The summed E-state index contributed by atoms with van der Waals surface area (Å²) in [4.78, 5) is 29.7. The number of likely N-dealkylation sites (tertiary alicyclic amines) is 1. The van der Waals surface area contributed by atoms with Gasteiger partial charge in [-0.1, -0.05) is 6.07 Å². The molecule has 0 bridgehead atoms. The molecule has 0 radical (unpaired) electrons. The average molecular weight is 383 g/mol. The lowest BCUT2D eigenvalue weighted by atomic mass is 10.1. The van der Waals surface area contributed by atoms with Gasteiger partial charge in [-0.05, 0) is 36.6 Å². The molecule has 3 heterocycles. The summed E-state index contributed by atoms with van der Waals surface area (Å²) in [6.45, 7) is 1.41. The van der Waals surface area contributed by atoms with E-state index >= 15 is 0 Å². The Balaban J connectivity index is 1.37. The van der Waals surface area contributed by atoms with Crippen molar-refractivity contribution in [3.63, 3.8) is 0 Å². The number of primary amides is 1. The first-order chi connectivity index (χ1) is 13.6. The number of aromatic nitrogens is 1. The number of ether oxygens (including phenoxy) is 3. The zero-order valence-electron chi connectivity index (χ0n) is 15.3. The second-order valence-corrected chi connectivity index (χ2v) is 6.83. The molecule has 146 valence electrons. The normalized spacial score (nSPS) is 18.0. The van der Waals surface area contributed by atoms with E-state index in [4.69, 9.17) is 19.9 Å². The van der Waals surface area contributed by atoms with Gasteiger partial charge in [0, 0.05) is 18.8 Å². The highest BCUT2D eigenvalue weighted by Gasteiger charge is 2.25. The number of pyridine rings is 1. The van der Waals surface area contributed by atoms with Gasteiger partial charge in [-0.15, -0.1) is 0 Å². The van der Waals surface area contributed by atoms with Gasteiger partial charge < -0.3 is 24.8 Å². The van der Waals surface area contributed by atoms with Gasteiger partial charge in [-0.3, -0.25) is 14.6 Å². The Morgan fingerprint density at radius 1 is 1.21 bits per heavy atom. The zero-order valence-corrected chi connectivity index (χ0v) is 15.3. The van der Waals surface area contributed by atoms with Gasteiger partial charge in [0.2, 0.25) is 12.7 Å². The smallest absolute Gasteiger partial charge is 0.267 e. The summed E-state index contributed by atoms with van der Waals surface area (Å²) in [5, 5.41) is 0.